The minimum Gasteiger partial charge on any atom is -0.545 e. The van der Waals surface area contributed by atoms with Crippen LogP contribution in [0, 0.1) is 5.92 Å². The van der Waals surface area contributed by atoms with E-state index in [0.717, 1.165) is 11.6 Å². The largest absolute Gasteiger partial charge is 0.545 e. The molecule has 0 radical (unpaired) electrons. The minimum atomic E-state index is -1.48. The molecular weight excluding hydrogens is 272 g/mol. The molecule has 0 bridgehead atoms. The average Bonchev–Trinajstić information content (AvgIpc) is 3.17. The number of nitrogens with one attached hydrogen (secondary N) is 2. The molecule has 1 fully saturated rings. The van der Waals surface area contributed by atoms with E-state index in [-0.39, 0.29) is 17.2 Å². The number of carboxylic acids is 1. The normalized spacial score (nSPS) is 23.6. The fourth-order valence-electron chi connectivity index (χ4n) is 2.28. The summed E-state index contributed by atoms with van der Waals surface area (Å²) in [7, 11) is 0. The first-order chi connectivity index (χ1) is 9.93. The van der Waals surface area contributed by atoms with Crippen molar-refractivity contribution in [3.8, 4) is 0 Å². The first-order valence-electron chi connectivity index (χ1n) is 6.48. The number of carboxylic acid groups (broad SMARTS) is 1. The maximum absolute atomic E-state index is 12.0. The number of hydrogen-bond donors (Lipinski definition) is 2. The summed E-state index contributed by atoms with van der Waals surface area (Å²) >= 11 is 0. The molecule has 1 aromatic carbocycles. The standard InChI is InChI=1S/C15H16N2O4/c1-15(10-5-3-2-4-6-10)9-11(15)14(21)17-16-12(18)7-8-13(19)20/h2-8,11H,9H2,1H3,(H,16,18)(H,17,21)(H,19,20)/p-1/b8-7-/t11-,15+/m0/s1. The lowest BCUT2D eigenvalue weighted by Crippen LogP contribution is -2.42. The van der Waals surface area contributed by atoms with Gasteiger partial charge >= 0.3 is 0 Å². The Hall–Kier alpha value is -2.63. The lowest BCUT2D eigenvalue weighted by molar-refractivity contribution is -0.297. The van der Waals surface area contributed by atoms with Gasteiger partial charge in [-0.05, 0) is 18.1 Å². The molecule has 6 heteroatoms. The summed E-state index contributed by atoms with van der Waals surface area (Å²) in [5.74, 6) is -2.72. The second-order valence-electron chi connectivity index (χ2n) is 5.17. The topological polar surface area (TPSA) is 98.3 Å². The Morgan fingerprint density at radius 2 is 1.86 bits per heavy atom. The third-order valence-corrected chi connectivity index (χ3v) is 3.67. The van der Waals surface area contributed by atoms with E-state index in [2.05, 4.69) is 10.9 Å². The molecule has 110 valence electrons. The molecule has 2 N–H and O–H groups in total. The summed E-state index contributed by atoms with van der Waals surface area (Å²) in [6.45, 7) is 1.99. The number of aliphatic carboxylic acids is 1. The van der Waals surface area contributed by atoms with E-state index >= 15 is 0 Å². The van der Waals surface area contributed by atoms with Gasteiger partial charge in [-0.15, -0.1) is 0 Å². The van der Waals surface area contributed by atoms with Crippen LogP contribution in [0.3, 0.4) is 0 Å². The number of hydrazine groups is 1. The number of carbonyl (C=O) groups excluding carboxylic acids is 3. The Morgan fingerprint density at radius 1 is 1.19 bits per heavy atom. The van der Waals surface area contributed by atoms with Crippen LogP contribution in [-0.4, -0.2) is 17.8 Å². The fraction of sp³-hybridized carbons (Fsp3) is 0.267. The van der Waals surface area contributed by atoms with Crippen LogP contribution >= 0.6 is 0 Å². The van der Waals surface area contributed by atoms with Crippen LogP contribution in [-0.2, 0) is 19.8 Å². The third-order valence-electron chi connectivity index (χ3n) is 3.67. The van der Waals surface area contributed by atoms with Crippen molar-refractivity contribution in [1.29, 1.82) is 0 Å². The zero-order chi connectivity index (χ0) is 15.5. The van der Waals surface area contributed by atoms with Gasteiger partial charge in [0.25, 0.3) is 5.91 Å². The van der Waals surface area contributed by atoms with Crippen LogP contribution in [0.5, 0.6) is 0 Å². The van der Waals surface area contributed by atoms with E-state index in [1.54, 1.807) is 0 Å². The van der Waals surface area contributed by atoms with Gasteiger partial charge in [0, 0.05) is 17.4 Å². The van der Waals surface area contributed by atoms with Gasteiger partial charge in [0.15, 0.2) is 0 Å². The molecule has 0 aliphatic heterocycles. The summed E-state index contributed by atoms with van der Waals surface area (Å²) < 4.78 is 0. The lowest BCUT2D eigenvalue weighted by Gasteiger charge is -2.12. The predicted octanol–water partition coefficient (Wildman–Crippen LogP) is -0.582. The zero-order valence-electron chi connectivity index (χ0n) is 11.5. The Bertz CT molecular complexity index is 597. The summed E-state index contributed by atoms with van der Waals surface area (Å²) in [5, 5.41) is 10.1. The Kier molecular flexibility index (Phi) is 4.07. The lowest BCUT2D eigenvalue weighted by atomic mass is 9.95. The molecule has 6 nitrogen and oxygen atoms in total. The van der Waals surface area contributed by atoms with E-state index in [1.165, 1.54) is 0 Å². The van der Waals surface area contributed by atoms with Gasteiger partial charge in [0.05, 0.1) is 5.97 Å². The smallest absolute Gasteiger partial charge is 0.262 e. The van der Waals surface area contributed by atoms with Gasteiger partial charge < -0.3 is 9.90 Å². The minimum absolute atomic E-state index is 0.217. The van der Waals surface area contributed by atoms with E-state index in [4.69, 9.17) is 0 Å². The second-order valence-corrected chi connectivity index (χ2v) is 5.17. The summed E-state index contributed by atoms with van der Waals surface area (Å²) in [6.07, 6.45) is 2.07. The number of hydrogen-bond acceptors (Lipinski definition) is 4. The molecule has 0 aromatic heterocycles. The third kappa shape index (κ3) is 3.47. The van der Waals surface area contributed by atoms with Crippen molar-refractivity contribution in [3.05, 3.63) is 48.0 Å². The van der Waals surface area contributed by atoms with Crippen LogP contribution in [0.1, 0.15) is 18.9 Å². The molecule has 21 heavy (non-hydrogen) atoms. The number of benzene rings is 1. The highest BCUT2D eigenvalue weighted by Crippen LogP contribution is 2.53. The van der Waals surface area contributed by atoms with Gasteiger partial charge in [0.2, 0.25) is 5.91 Å². The molecule has 0 unspecified atom stereocenters. The summed E-state index contributed by atoms with van der Waals surface area (Å²) in [6, 6.07) is 9.68. The van der Waals surface area contributed by atoms with Crippen molar-refractivity contribution in [2.45, 2.75) is 18.8 Å². The van der Waals surface area contributed by atoms with Crippen LogP contribution in [0.4, 0.5) is 0 Å². The van der Waals surface area contributed by atoms with Crippen molar-refractivity contribution in [3.63, 3.8) is 0 Å². The molecule has 2 amide bonds. The molecule has 0 saturated heterocycles. The molecule has 2 atom stereocenters. The Labute approximate surface area is 121 Å². The average molecular weight is 287 g/mol. The van der Waals surface area contributed by atoms with Crippen molar-refractivity contribution < 1.29 is 19.5 Å². The van der Waals surface area contributed by atoms with Gasteiger partial charge in [-0.2, -0.15) is 0 Å². The summed E-state index contributed by atoms with van der Waals surface area (Å²) in [5.41, 5.74) is 5.27. The Morgan fingerprint density at radius 3 is 2.48 bits per heavy atom. The first-order valence-corrected chi connectivity index (χ1v) is 6.48. The van der Waals surface area contributed by atoms with Crippen LogP contribution in [0.15, 0.2) is 42.5 Å². The number of carbonyl (C=O) groups is 3. The van der Waals surface area contributed by atoms with Crippen molar-refractivity contribution in [2.24, 2.45) is 5.92 Å². The molecule has 1 aliphatic rings. The highest BCUT2D eigenvalue weighted by Gasteiger charge is 2.55. The van der Waals surface area contributed by atoms with E-state index in [0.29, 0.717) is 12.5 Å². The van der Waals surface area contributed by atoms with Gasteiger partial charge in [-0.25, -0.2) is 0 Å². The van der Waals surface area contributed by atoms with Gasteiger partial charge in [-0.1, -0.05) is 37.3 Å². The molecular formula is C15H15N2O4-. The molecule has 1 aromatic rings. The molecule has 2 rings (SSSR count). The number of rotatable bonds is 4. The van der Waals surface area contributed by atoms with E-state index in [1.807, 2.05) is 37.3 Å². The molecule has 1 aliphatic carbocycles. The zero-order valence-corrected chi connectivity index (χ0v) is 11.5. The Balaban J connectivity index is 1.86. The van der Waals surface area contributed by atoms with Gasteiger partial charge in [0.1, 0.15) is 0 Å². The van der Waals surface area contributed by atoms with Crippen molar-refractivity contribution >= 4 is 17.8 Å². The fourth-order valence-corrected chi connectivity index (χ4v) is 2.28. The monoisotopic (exact) mass is 287 g/mol. The highest BCUT2D eigenvalue weighted by atomic mass is 16.4. The molecule has 0 heterocycles. The quantitative estimate of drug-likeness (QED) is 0.571. The predicted molar refractivity (Wildman–Crippen MR) is 72.3 cm³/mol. The molecule has 0 spiro atoms. The van der Waals surface area contributed by atoms with Gasteiger partial charge in [-0.3, -0.25) is 20.4 Å². The summed E-state index contributed by atoms with van der Waals surface area (Å²) in [4.78, 5) is 33.3. The van der Waals surface area contributed by atoms with E-state index in [9.17, 15) is 19.5 Å². The van der Waals surface area contributed by atoms with Crippen LogP contribution < -0.4 is 16.0 Å². The highest BCUT2D eigenvalue weighted by molar-refractivity contribution is 5.95. The first kappa shape index (κ1) is 14.8. The van der Waals surface area contributed by atoms with E-state index < -0.39 is 11.9 Å². The maximum atomic E-state index is 12.0. The number of amides is 2. The van der Waals surface area contributed by atoms with Crippen molar-refractivity contribution in [2.75, 3.05) is 0 Å². The molecule has 1 saturated carbocycles. The van der Waals surface area contributed by atoms with Crippen LogP contribution in [0.2, 0.25) is 0 Å². The van der Waals surface area contributed by atoms with Crippen LogP contribution in [0.25, 0.3) is 0 Å². The second kappa shape index (κ2) is 5.78. The SMILES string of the molecule is C[C@]1(c2ccccc2)C[C@H]1C(=O)NNC(=O)/C=C\C(=O)[O-]. The van der Waals surface area contributed by atoms with Crippen molar-refractivity contribution in [1.82, 2.24) is 10.9 Å². The maximum Gasteiger partial charge on any atom is 0.262 e.